The number of carboxylic acids is 1. The third kappa shape index (κ3) is 1.83. The Hall–Kier alpha value is -1.60. The highest BCUT2D eigenvalue weighted by Crippen LogP contribution is 2.39. The standard InChI is InChI=1S/C10H11NO3/c1-7(9(12)13)10(2,4-3-5-11)8-6-14-8/h3-4,8H,1,6H2,2H3,(H,12,13). The third-order valence-corrected chi connectivity index (χ3v) is 2.41. The lowest BCUT2D eigenvalue weighted by molar-refractivity contribution is -0.133. The van der Waals surface area contributed by atoms with Gasteiger partial charge in [-0.1, -0.05) is 12.7 Å². The molecule has 1 heterocycles. The zero-order valence-corrected chi connectivity index (χ0v) is 7.86. The fourth-order valence-electron chi connectivity index (χ4n) is 1.24. The number of nitriles is 1. The monoisotopic (exact) mass is 193 g/mol. The average Bonchev–Trinajstić information content (AvgIpc) is 2.96. The summed E-state index contributed by atoms with van der Waals surface area (Å²) in [6.45, 7) is 5.72. The van der Waals surface area contributed by atoms with Gasteiger partial charge in [0.25, 0.3) is 0 Å². The molecule has 0 aromatic carbocycles. The summed E-state index contributed by atoms with van der Waals surface area (Å²) in [5.74, 6) is -1.06. The lowest BCUT2D eigenvalue weighted by Crippen LogP contribution is -2.27. The number of aliphatic carboxylic acids is 1. The molecular formula is C10H11NO3. The summed E-state index contributed by atoms with van der Waals surface area (Å²) < 4.78 is 5.06. The Morgan fingerprint density at radius 1 is 1.86 bits per heavy atom. The Balaban J connectivity index is 2.93. The molecule has 74 valence electrons. The SMILES string of the molecule is C=C(C(=O)O)C(C)(C=CC#N)C1CO1. The molecule has 0 radical (unpaired) electrons. The first kappa shape index (κ1) is 10.5. The van der Waals surface area contributed by atoms with Crippen LogP contribution in [0, 0.1) is 16.7 Å². The number of hydrogen-bond acceptors (Lipinski definition) is 3. The molecule has 1 rings (SSSR count). The van der Waals surface area contributed by atoms with Gasteiger partial charge in [0.15, 0.2) is 0 Å². The Morgan fingerprint density at radius 2 is 2.43 bits per heavy atom. The van der Waals surface area contributed by atoms with Crippen LogP contribution in [-0.2, 0) is 9.53 Å². The molecule has 1 aliphatic heterocycles. The van der Waals surface area contributed by atoms with Crippen molar-refractivity contribution in [3.05, 3.63) is 24.3 Å². The van der Waals surface area contributed by atoms with Gasteiger partial charge in [-0.05, 0) is 6.92 Å². The van der Waals surface area contributed by atoms with Crippen LogP contribution in [0.5, 0.6) is 0 Å². The van der Waals surface area contributed by atoms with Crippen molar-refractivity contribution >= 4 is 5.97 Å². The van der Waals surface area contributed by atoms with E-state index in [0.717, 1.165) is 0 Å². The molecule has 0 bridgehead atoms. The number of hydrogen-bond donors (Lipinski definition) is 1. The molecular weight excluding hydrogens is 182 g/mol. The van der Waals surface area contributed by atoms with Gasteiger partial charge < -0.3 is 9.84 Å². The lowest BCUT2D eigenvalue weighted by Gasteiger charge is -2.23. The largest absolute Gasteiger partial charge is 0.478 e. The van der Waals surface area contributed by atoms with Gasteiger partial charge in [0.05, 0.1) is 18.8 Å². The lowest BCUT2D eigenvalue weighted by atomic mass is 9.79. The zero-order chi connectivity index (χ0) is 10.8. The van der Waals surface area contributed by atoms with E-state index in [1.807, 2.05) is 6.07 Å². The first-order chi connectivity index (χ1) is 6.52. The minimum atomic E-state index is -1.06. The summed E-state index contributed by atoms with van der Waals surface area (Å²) in [5.41, 5.74) is -0.729. The van der Waals surface area contributed by atoms with E-state index in [4.69, 9.17) is 15.1 Å². The van der Waals surface area contributed by atoms with Crippen LogP contribution in [0.3, 0.4) is 0 Å². The average molecular weight is 193 g/mol. The molecule has 4 nitrogen and oxygen atoms in total. The number of rotatable bonds is 4. The fraction of sp³-hybridized carbons (Fsp3) is 0.400. The van der Waals surface area contributed by atoms with Gasteiger partial charge in [-0.2, -0.15) is 5.26 Å². The van der Waals surface area contributed by atoms with E-state index in [-0.39, 0.29) is 11.7 Å². The minimum absolute atomic E-state index is 0.0477. The summed E-state index contributed by atoms with van der Waals surface area (Å²) in [6.07, 6.45) is 2.62. The molecule has 1 N–H and O–H groups in total. The molecule has 2 unspecified atom stereocenters. The van der Waals surface area contributed by atoms with E-state index >= 15 is 0 Å². The third-order valence-electron chi connectivity index (χ3n) is 2.41. The summed E-state index contributed by atoms with van der Waals surface area (Å²) in [5, 5.41) is 17.2. The maximum absolute atomic E-state index is 10.8. The van der Waals surface area contributed by atoms with E-state index in [1.165, 1.54) is 12.2 Å². The van der Waals surface area contributed by atoms with Crippen molar-refractivity contribution in [2.45, 2.75) is 13.0 Å². The van der Waals surface area contributed by atoms with Crippen LogP contribution in [0.15, 0.2) is 24.3 Å². The van der Waals surface area contributed by atoms with E-state index < -0.39 is 11.4 Å². The van der Waals surface area contributed by atoms with Crippen molar-refractivity contribution in [2.24, 2.45) is 5.41 Å². The van der Waals surface area contributed by atoms with Crippen LogP contribution in [-0.4, -0.2) is 23.8 Å². The molecule has 14 heavy (non-hydrogen) atoms. The van der Waals surface area contributed by atoms with Crippen molar-refractivity contribution in [1.29, 1.82) is 5.26 Å². The second-order valence-corrected chi connectivity index (χ2v) is 3.35. The normalized spacial score (nSPS) is 23.9. The second-order valence-electron chi connectivity index (χ2n) is 3.35. The minimum Gasteiger partial charge on any atom is -0.478 e. The molecule has 2 atom stereocenters. The van der Waals surface area contributed by atoms with E-state index in [1.54, 1.807) is 6.92 Å². The smallest absolute Gasteiger partial charge is 0.331 e. The molecule has 0 aromatic rings. The van der Waals surface area contributed by atoms with Gasteiger partial charge in [0, 0.05) is 17.1 Å². The number of ether oxygens (including phenoxy) is 1. The molecule has 1 fully saturated rings. The molecule has 1 aliphatic rings. The summed E-state index contributed by atoms with van der Waals surface area (Å²) in [4.78, 5) is 10.8. The van der Waals surface area contributed by atoms with Crippen LogP contribution in [0.25, 0.3) is 0 Å². The molecule has 4 heteroatoms. The number of epoxide rings is 1. The highest BCUT2D eigenvalue weighted by Gasteiger charge is 2.45. The van der Waals surface area contributed by atoms with Gasteiger partial charge in [0.1, 0.15) is 0 Å². The molecule has 0 saturated carbocycles. The Labute approximate surface area is 82.1 Å². The highest BCUT2D eigenvalue weighted by atomic mass is 16.6. The number of carbonyl (C=O) groups is 1. The van der Waals surface area contributed by atoms with Crippen molar-refractivity contribution in [3.8, 4) is 6.07 Å². The molecule has 0 aliphatic carbocycles. The van der Waals surface area contributed by atoms with Gasteiger partial charge >= 0.3 is 5.97 Å². The highest BCUT2D eigenvalue weighted by molar-refractivity contribution is 5.88. The quantitative estimate of drug-likeness (QED) is 0.412. The van der Waals surface area contributed by atoms with Gasteiger partial charge in [-0.15, -0.1) is 0 Å². The number of nitrogens with zero attached hydrogens (tertiary/aromatic N) is 1. The van der Waals surface area contributed by atoms with Crippen LogP contribution in [0.4, 0.5) is 0 Å². The van der Waals surface area contributed by atoms with Gasteiger partial charge in [-0.25, -0.2) is 4.79 Å². The molecule has 0 amide bonds. The van der Waals surface area contributed by atoms with Crippen molar-refractivity contribution < 1.29 is 14.6 Å². The van der Waals surface area contributed by atoms with E-state index in [0.29, 0.717) is 6.61 Å². The maximum atomic E-state index is 10.8. The Bertz CT molecular complexity index is 336. The Kier molecular flexibility index (Phi) is 2.73. The molecule has 0 aromatic heterocycles. The molecule has 0 spiro atoms. The van der Waals surface area contributed by atoms with Crippen LogP contribution < -0.4 is 0 Å². The summed E-state index contributed by atoms with van der Waals surface area (Å²) in [7, 11) is 0. The number of allylic oxidation sites excluding steroid dienone is 1. The van der Waals surface area contributed by atoms with Crippen molar-refractivity contribution in [3.63, 3.8) is 0 Å². The Morgan fingerprint density at radius 3 is 2.79 bits per heavy atom. The van der Waals surface area contributed by atoms with Gasteiger partial charge in [-0.3, -0.25) is 0 Å². The fourth-order valence-corrected chi connectivity index (χ4v) is 1.24. The van der Waals surface area contributed by atoms with Crippen LogP contribution >= 0.6 is 0 Å². The summed E-state index contributed by atoms with van der Waals surface area (Å²) >= 11 is 0. The van der Waals surface area contributed by atoms with E-state index in [9.17, 15) is 4.79 Å². The van der Waals surface area contributed by atoms with Crippen LogP contribution in [0.2, 0.25) is 0 Å². The first-order valence-electron chi connectivity index (χ1n) is 4.14. The van der Waals surface area contributed by atoms with Gasteiger partial charge in [0.2, 0.25) is 0 Å². The maximum Gasteiger partial charge on any atom is 0.331 e. The predicted octanol–water partition coefficient (Wildman–Crippen LogP) is 1.11. The molecule has 1 saturated heterocycles. The van der Waals surface area contributed by atoms with Crippen molar-refractivity contribution in [2.75, 3.05) is 6.61 Å². The second kappa shape index (κ2) is 3.64. The summed E-state index contributed by atoms with van der Waals surface area (Å²) in [6, 6.07) is 1.83. The zero-order valence-electron chi connectivity index (χ0n) is 7.86. The van der Waals surface area contributed by atoms with Crippen molar-refractivity contribution in [1.82, 2.24) is 0 Å². The van der Waals surface area contributed by atoms with E-state index in [2.05, 4.69) is 6.58 Å². The first-order valence-corrected chi connectivity index (χ1v) is 4.14. The topological polar surface area (TPSA) is 73.6 Å². The van der Waals surface area contributed by atoms with Crippen LogP contribution in [0.1, 0.15) is 6.92 Å². The predicted molar refractivity (Wildman–Crippen MR) is 49.4 cm³/mol. The number of carboxylic acid groups (broad SMARTS) is 1.